The zero-order valence-corrected chi connectivity index (χ0v) is 12.6. The third-order valence-electron chi connectivity index (χ3n) is 2.95. The summed E-state index contributed by atoms with van der Waals surface area (Å²) in [5.41, 5.74) is 6.85. The van der Waals surface area contributed by atoms with E-state index in [1.54, 1.807) is 29.0 Å². The number of aromatic nitrogens is 1. The summed E-state index contributed by atoms with van der Waals surface area (Å²) >= 11 is 5.91. The van der Waals surface area contributed by atoms with Crippen molar-refractivity contribution in [1.29, 1.82) is 0 Å². The monoisotopic (exact) mass is 307 g/mol. The molecule has 1 aromatic heterocycles. The first kappa shape index (κ1) is 15.3. The quantitative estimate of drug-likeness (QED) is 0.636. The van der Waals surface area contributed by atoms with E-state index in [1.165, 1.54) is 0 Å². The molecule has 2 aromatic rings. The Morgan fingerprint density at radius 2 is 2.24 bits per heavy atom. The van der Waals surface area contributed by atoms with Gasteiger partial charge in [0.1, 0.15) is 18.1 Å². The van der Waals surface area contributed by atoms with E-state index in [1.807, 2.05) is 19.1 Å². The van der Waals surface area contributed by atoms with Crippen LogP contribution < -0.4 is 15.8 Å². The minimum Gasteiger partial charge on any atom is -0.492 e. The molecule has 1 amide bonds. The molecule has 112 valence electrons. The number of amides is 1. The molecule has 21 heavy (non-hydrogen) atoms. The van der Waals surface area contributed by atoms with Gasteiger partial charge < -0.3 is 20.4 Å². The van der Waals surface area contributed by atoms with Gasteiger partial charge in [0.15, 0.2) is 0 Å². The Bertz CT molecular complexity index is 625. The van der Waals surface area contributed by atoms with Crippen molar-refractivity contribution in [2.75, 3.05) is 18.9 Å². The minimum absolute atomic E-state index is 0.167. The number of nitrogen functional groups attached to an aromatic ring is 1. The Hall–Kier alpha value is -2.14. The zero-order valence-electron chi connectivity index (χ0n) is 11.8. The molecule has 0 saturated carbocycles. The van der Waals surface area contributed by atoms with E-state index in [9.17, 15) is 4.79 Å². The SMILES string of the molecule is CCn1cc(Cl)cc1C(=O)NCCOc1cccc(N)c1. The number of rotatable bonds is 6. The number of hydrogen-bond donors (Lipinski definition) is 2. The maximum atomic E-state index is 12.0. The number of nitrogens with zero attached hydrogens (tertiary/aromatic N) is 1. The van der Waals surface area contributed by atoms with Crippen LogP contribution in [0, 0.1) is 0 Å². The van der Waals surface area contributed by atoms with Crippen molar-refractivity contribution in [3.05, 3.63) is 47.2 Å². The van der Waals surface area contributed by atoms with Crippen molar-refractivity contribution in [3.8, 4) is 5.75 Å². The van der Waals surface area contributed by atoms with Crippen LogP contribution in [0.25, 0.3) is 0 Å². The van der Waals surface area contributed by atoms with Crippen molar-refractivity contribution in [1.82, 2.24) is 9.88 Å². The fourth-order valence-corrected chi connectivity index (χ4v) is 2.18. The molecular formula is C15H18ClN3O2. The first-order valence-corrected chi connectivity index (χ1v) is 7.10. The van der Waals surface area contributed by atoms with Gasteiger partial charge in [-0.15, -0.1) is 0 Å². The summed E-state index contributed by atoms with van der Waals surface area (Å²) < 4.78 is 7.31. The highest BCUT2D eigenvalue weighted by Crippen LogP contribution is 2.15. The average molecular weight is 308 g/mol. The van der Waals surface area contributed by atoms with E-state index >= 15 is 0 Å². The van der Waals surface area contributed by atoms with Gasteiger partial charge in [0, 0.05) is 24.5 Å². The Balaban J connectivity index is 1.82. The largest absolute Gasteiger partial charge is 0.492 e. The van der Waals surface area contributed by atoms with Crippen molar-refractivity contribution in [2.45, 2.75) is 13.5 Å². The molecule has 0 bridgehead atoms. The smallest absolute Gasteiger partial charge is 0.268 e. The summed E-state index contributed by atoms with van der Waals surface area (Å²) in [4.78, 5) is 12.0. The van der Waals surface area contributed by atoms with Crippen LogP contribution in [-0.2, 0) is 6.54 Å². The second-order valence-corrected chi connectivity index (χ2v) is 4.94. The summed E-state index contributed by atoms with van der Waals surface area (Å²) in [5, 5.41) is 3.35. The van der Waals surface area contributed by atoms with E-state index in [4.69, 9.17) is 22.1 Å². The number of hydrogen-bond acceptors (Lipinski definition) is 3. The molecule has 6 heteroatoms. The van der Waals surface area contributed by atoms with Crippen molar-refractivity contribution in [3.63, 3.8) is 0 Å². The molecule has 5 nitrogen and oxygen atoms in total. The van der Waals surface area contributed by atoms with E-state index in [0.717, 1.165) is 0 Å². The van der Waals surface area contributed by atoms with E-state index in [2.05, 4.69) is 5.32 Å². The number of anilines is 1. The number of carbonyl (C=O) groups excluding carboxylic acids is 1. The lowest BCUT2D eigenvalue weighted by atomic mass is 10.3. The molecule has 0 spiro atoms. The molecule has 0 atom stereocenters. The number of aryl methyl sites for hydroxylation is 1. The van der Waals surface area contributed by atoms with Gasteiger partial charge in [-0.2, -0.15) is 0 Å². The normalized spacial score (nSPS) is 10.4. The van der Waals surface area contributed by atoms with Gasteiger partial charge in [-0.05, 0) is 25.1 Å². The minimum atomic E-state index is -0.167. The number of benzene rings is 1. The van der Waals surface area contributed by atoms with Crippen LogP contribution in [0.5, 0.6) is 5.75 Å². The van der Waals surface area contributed by atoms with E-state index < -0.39 is 0 Å². The van der Waals surface area contributed by atoms with Crippen LogP contribution in [-0.4, -0.2) is 23.6 Å². The Labute approximate surface area is 128 Å². The molecule has 2 rings (SSSR count). The molecule has 0 aliphatic carbocycles. The topological polar surface area (TPSA) is 69.3 Å². The second-order valence-electron chi connectivity index (χ2n) is 4.51. The van der Waals surface area contributed by atoms with Crippen LogP contribution in [0.3, 0.4) is 0 Å². The predicted molar refractivity (Wildman–Crippen MR) is 83.8 cm³/mol. The van der Waals surface area contributed by atoms with Crippen LogP contribution in [0.4, 0.5) is 5.69 Å². The van der Waals surface area contributed by atoms with Crippen LogP contribution in [0.15, 0.2) is 36.5 Å². The van der Waals surface area contributed by atoms with Gasteiger partial charge in [0.05, 0.1) is 11.6 Å². The third-order valence-corrected chi connectivity index (χ3v) is 3.16. The molecule has 1 aromatic carbocycles. The van der Waals surface area contributed by atoms with Crippen molar-refractivity contribution >= 4 is 23.2 Å². The summed E-state index contributed by atoms with van der Waals surface area (Å²) in [6.45, 7) is 3.42. The van der Waals surface area contributed by atoms with E-state index in [-0.39, 0.29) is 5.91 Å². The molecule has 1 heterocycles. The molecule has 0 aliphatic heterocycles. The standard InChI is InChI=1S/C15H18ClN3O2/c1-2-19-10-11(16)8-14(19)15(20)18-6-7-21-13-5-3-4-12(17)9-13/h3-5,8-10H,2,6-7,17H2,1H3,(H,18,20). The zero-order chi connectivity index (χ0) is 15.2. The molecular weight excluding hydrogens is 290 g/mol. The first-order chi connectivity index (χ1) is 10.1. The molecule has 0 radical (unpaired) electrons. The van der Waals surface area contributed by atoms with Gasteiger partial charge in [0.25, 0.3) is 5.91 Å². The Morgan fingerprint density at radius 1 is 1.43 bits per heavy atom. The Morgan fingerprint density at radius 3 is 2.95 bits per heavy atom. The lowest BCUT2D eigenvalue weighted by Crippen LogP contribution is -2.29. The number of carbonyl (C=O) groups is 1. The van der Waals surface area contributed by atoms with Crippen molar-refractivity contribution < 1.29 is 9.53 Å². The van der Waals surface area contributed by atoms with Gasteiger partial charge in [0.2, 0.25) is 0 Å². The number of nitrogens with one attached hydrogen (secondary N) is 1. The number of ether oxygens (including phenoxy) is 1. The maximum Gasteiger partial charge on any atom is 0.268 e. The summed E-state index contributed by atoms with van der Waals surface area (Å²) in [6, 6.07) is 8.82. The maximum absolute atomic E-state index is 12.0. The lowest BCUT2D eigenvalue weighted by Gasteiger charge is -2.09. The number of nitrogens with two attached hydrogens (primary N) is 1. The highest BCUT2D eigenvalue weighted by Gasteiger charge is 2.11. The van der Waals surface area contributed by atoms with Gasteiger partial charge in [-0.3, -0.25) is 4.79 Å². The lowest BCUT2D eigenvalue weighted by molar-refractivity contribution is 0.0938. The summed E-state index contributed by atoms with van der Waals surface area (Å²) in [7, 11) is 0. The highest BCUT2D eigenvalue weighted by atomic mass is 35.5. The highest BCUT2D eigenvalue weighted by molar-refractivity contribution is 6.31. The fraction of sp³-hybridized carbons (Fsp3) is 0.267. The average Bonchev–Trinajstić information content (AvgIpc) is 2.85. The predicted octanol–water partition coefficient (Wildman–Crippen LogP) is 2.55. The molecule has 0 unspecified atom stereocenters. The van der Waals surface area contributed by atoms with Crippen LogP contribution >= 0.6 is 11.6 Å². The summed E-state index contributed by atoms with van der Waals surface area (Å²) in [6.07, 6.45) is 1.74. The first-order valence-electron chi connectivity index (χ1n) is 6.72. The van der Waals surface area contributed by atoms with Gasteiger partial charge >= 0.3 is 0 Å². The molecule has 0 saturated heterocycles. The Kier molecular flexibility index (Phi) is 5.11. The van der Waals surface area contributed by atoms with Gasteiger partial charge in [-0.1, -0.05) is 17.7 Å². The van der Waals surface area contributed by atoms with Gasteiger partial charge in [-0.25, -0.2) is 0 Å². The van der Waals surface area contributed by atoms with Crippen LogP contribution in [0.2, 0.25) is 5.02 Å². The van der Waals surface area contributed by atoms with E-state index in [0.29, 0.717) is 41.8 Å². The van der Waals surface area contributed by atoms with Crippen LogP contribution in [0.1, 0.15) is 17.4 Å². The molecule has 0 aliphatic rings. The second kappa shape index (κ2) is 7.04. The molecule has 3 N–H and O–H groups in total. The molecule has 0 fully saturated rings. The third kappa shape index (κ3) is 4.16. The van der Waals surface area contributed by atoms with Crippen molar-refractivity contribution in [2.24, 2.45) is 0 Å². The summed E-state index contributed by atoms with van der Waals surface area (Å²) in [5.74, 6) is 0.518. The number of halogens is 1. The fourth-order valence-electron chi connectivity index (χ4n) is 1.96.